The Morgan fingerprint density at radius 2 is 1.76 bits per heavy atom. The third-order valence-corrected chi connectivity index (χ3v) is 10.9. The zero-order valence-electron chi connectivity index (χ0n) is 32.7. The summed E-state index contributed by atoms with van der Waals surface area (Å²) in [5.74, 6) is -2.05. The van der Waals surface area contributed by atoms with Crippen LogP contribution in [0.25, 0.3) is 0 Å². The van der Waals surface area contributed by atoms with Gasteiger partial charge in [0.1, 0.15) is 23.6 Å². The van der Waals surface area contributed by atoms with Gasteiger partial charge in [0.05, 0.1) is 38.2 Å². The van der Waals surface area contributed by atoms with Gasteiger partial charge in [0.15, 0.2) is 5.60 Å². The molecular formula is C41H54ClN5O8. The van der Waals surface area contributed by atoms with Crippen molar-refractivity contribution in [1.29, 1.82) is 0 Å². The van der Waals surface area contributed by atoms with Gasteiger partial charge < -0.3 is 35.2 Å². The topological polar surface area (TPSA) is 165 Å². The number of amides is 4. The van der Waals surface area contributed by atoms with Crippen molar-refractivity contribution in [3.8, 4) is 11.5 Å². The Morgan fingerprint density at radius 3 is 2.42 bits per heavy atom. The van der Waals surface area contributed by atoms with Gasteiger partial charge in [0, 0.05) is 35.9 Å². The number of ether oxygens (including phenoxy) is 2. The Hall–Kier alpha value is -4.65. The number of anilines is 1. The molecule has 2 aliphatic heterocycles. The minimum Gasteiger partial charge on any atom is -0.497 e. The number of nitrogens with zero attached hydrogens (tertiary/aromatic N) is 2. The third-order valence-electron chi connectivity index (χ3n) is 10.7. The standard InChI is InChI=1S/C41H54ClN5O8/c1-7-12-29(35(49)38(51)44-30-21-28(53-5)17-18-33(30)54-6)43-37(50)32-23-41(22-31(46-55-41)26-15-11-16-27(42)20-26)24-47(32)39(52)36(40(2,3)4)45-34(48)19-25-13-9-8-10-14-25/h11,15-18,20-21,25,29,32,36H,7-10,12-14,19,22-24H2,1-6H3,(H,43,50)(H,44,51)(H,45,48)/t29-,32+,36+,41?/m1/s1. The maximum atomic E-state index is 14.7. The van der Waals surface area contributed by atoms with E-state index in [0.717, 1.165) is 31.2 Å². The first-order chi connectivity index (χ1) is 26.2. The van der Waals surface area contributed by atoms with Gasteiger partial charge in [-0.05, 0) is 54.9 Å². The molecule has 5 rings (SSSR count). The Kier molecular flexibility index (Phi) is 13.5. The van der Waals surface area contributed by atoms with Crippen molar-refractivity contribution >= 4 is 52.4 Å². The molecule has 298 valence electrons. The SMILES string of the molecule is CCC[C@@H](NC(=O)[C@@H]1CC2(CC(c3cccc(Cl)c3)=NO2)CN1C(=O)[C@H](NC(=O)CC1CCCCC1)C(C)(C)C)C(=O)C(=O)Nc1cc(OC)ccc1OC. The molecule has 55 heavy (non-hydrogen) atoms. The lowest BCUT2D eigenvalue weighted by Gasteiger charge is -2.36. The first-order valence-electron chi connectivity index (χ1n) is 19.2. The number of ketones is 1. The summed E-state index contributed by atoms with van der Waals surface area (Å²) in [5.41, 5.74) is -0.176. The fourth-order valence-electron chi connectivity index (χ4n) is 7.72. The van der Waals surface area contributed by atoms with Crippen LogP contribution in [0, 0.1) is 11.3 Å². The third kappa shape index (κ3) is 10.2. The number of benzene rings is 2. The Bertz CT molecular complexity index is 1790. The second kappa shape index (κ2) is 17.9. The smallest absolute Gasteiger partial charge is 0.294 e. The number of Topliss-reactive ketones (excluding diaryl/α,β-unsaturated/α-hetero) is 1. The Labute approximate surface area is 328 Å². The predicted octanol–water partition coefficient (Wildman–Crippen LogP) is 5.82. The first kappa shape index (κ1) is 41.5. The summed E-state index contributed by atoms with van der Waals surface area (Å²) in [6, 6.07) is 8.72. The minimum absolute atomic E-state index is 0.00503. The summed E-state index contributed by atoms with van der Waals surface area (Å²) in [6.45, 7) is 7.45. The van der Waals surface area contributed by atoms with Crippen molar-refractivity contribution in [1.82, 2.24) is 15.5 Å². The van der Waals surface area contributed by atoms with Crippen LogP contribution in [0.4, 0.5) is 5.69 Å². The van der Waals surface area contributed by atoms with Gasteiger partial charge in [-0.25, -0.2) is 0 Å². The van der Waals surface area contributed by atoms with Crippen LogP contribution in [0.3, 0.4) is 0 Å². The molecule has 4 amide bonds. The molecule has 0 radical (unpaired) electrons. The fourth-order valence-corrected chi connectivity index (χ4v) is 7.91. The number of methoxy groups -OCH3 is 2. The van der Waals surface area contributed by atoms with E-state index < -0.39 is 52.6 Å². The summed E-state index contributed by atoms with van der Waals surface area (Å²) in [7, 11) is 2.91. The van der Waals surface area contributed by atoms with Crippen LogP contribution < -0.4 is 25.4 Å². The highest BCUT2D eigenvalue weighted by atomic mass is 35.5. The second-order valence-corrected chi connectivity index (χ2v) is 16.4. The number of hydrogen-bond acceptors (Lipinski definition) is 9. The summed E-state index contributed by atoms with van der Waals surface area (Å²) >= 11 is 6.28. The highest BCUT2D eigenvalue weighted by Crippen LogP contribution is 2.40. The molecule has 3 N–H and O–H groups in total. The molecular weight excluding hydrogens is 726 g/mol. The van der Waals surface area contributed by atoms with E-state index in [0.29, 0.717) is 35.1 Å². The zero-order valence-corrected chi connectivity index (χ0v) is 33.4. The summed E-state index contributed by atoms with van der Waals surface area (Å²) < 4.78 is 10.6. The molecule has 1 unspecified atom stereocenters. The normalized spacial score (nSPS) is 20.9. The molecule has 2 fully saturated rings. The summed E-state index contributed by atoms with van der Waals surface area (Å²) in [5, 5.41) is 13.3. The van der Waals surface area contributed by atoms with Gasteiger partial charge in [0.25, 0.3) is 5.91 Å². The van der Waals surface area contributed by atoms with E-state index in [1.807, 2.05) is 33.8 Å². The molecule has 13 nitrogen and oxygen atoms in total. The van der Waals surface area contributed by atoms with Gasteiger partial charge in [-0.15, -0.1) is 0 Å². The monoisotopic (exact) mass is 779 g/mol. The van der Waals surface area contributed by atoms with Crippen molar-refractivity contribution in [3.05, 3.63) is 53.1 Å². The highest BCUT2D eigenvalue weighted by molar-refractivity contribution is 6.42. The lowest BCUT2D eigenvalue weighted by molar-refractivity contribution is -0.145. The number of halogens is 1. The molecule has 2 heterocycles. The van der Waals surface area contributed by atoms with Gasteiger partial charge in [-0.1, -0.05) is 82.3 Å². The number of carbonyl (C=O) groups is 5. The molecule has 0 bridgehead atoms. The van der Waals surface area contributed by atoms with Crippen LogP contribution in [0.1, 0.15) is 97.5 Å². The van der Waals surface area contributed by atoms with E-state index >= 15 is 0 Å². The van der Waals surface area contributed by atoms with Gasteiger partial charge in [-0.2, -0.15) is 0 Å². The van der Waals surface area contributed by atoms with Crippen LogP contribution >= 0.6 is 11.6 Å². The predicted molar refractivity (Wildman–Crippen MR) is 209 cm³/mol. The molecule has 2 aromatic carbocycles. The van der Waals surface area contributed by atoms with Crippen LogP contribution in [-0.2, 0) is 28.8 Å². The van der Waals surface area contributed by atoms with Crippen LogP contribution in [0.2, 0.25) is 5.02 Å². The molecule has 0 aromatic heterocycles. The number of nitrogens with one attached hydrogen (secondary N) is 3. The average Bonchev–Trinajstić information content (AvgIpc) is 3.76. The highest BCUT2D eigenvalue weighted by Gasteiger charge is 2.55. The number of hydrogen-bond donors (Lipinski definition) is 3. The molecule has 14 heteroatoms. The fraction of sp³-hybridized carbons (Fsp3) is 0.561. The van der Waals surface area contributed by atoms with Crippen molar-refractivity contribution in [3.63, 3.8) is 0 Å². The largest absolute Gasteiger partial charge is 0.497 e. The van der Waals surface area contributed by atoms with E-state index in [9.17, 15) is 24.0 Å². The van der Waals surface area contributed by atoms with Gasteiger partial charge >= 0.3 is 0 Å². The van der Waals surface area contributed by atoms with Crippen molar-refractivity contribution < 1.29 is 38.3 Å². The number of oxime groups is 1. The second-order valence-electron chi connectivity index (χ2n) is 16.0. The lowest BCUT2D eigenvalue weighted by Crippen LogP contribution is -2.59. The summed E-state index contributed by atoms with van der Waals surface area (Å²) in [6.07, 6.45) is 6.62. The molecule has 3 aliphatic rings. The van der Waals surface area contributed by atoms with Crippen LogP contribution in [-0.4, -0.2) is 84.5 Å². The maximum absolute atomic E-state index is 14.7. The minimum atomic E-state index is -1.20. The number of likely N-dealkylation sites (tertiary alicyclic amines) is 1. The lowest BCUT2D eigenvalue weighted by atomic mass is 9.84. The van der Waals surface area contributed by atoms with Crippen molar-refractivity contribution in [2.24, 2.45) is 16.5 Å². The molecule has 1 saturated carbocycles. The number of carbonyl (C=O) groups excluding carboxylic acids is 5. The van der Waals surface area contributed by atoms with Crippen molar-refractivity contribution in [2.45, 2.75) is 116 Å². The molecule has 1 spiro atoms. The van der Waals surface area contributed by atoms with Crippen molar-refractivity contribution in [2.75, 3.05) is 26.1 Å². The van der Waals surface area contributed by atoms with E-state index in [1.165, 1.54) is 31.6 Å². The van der Waals surface area contributed by atoms with Crippen LogP contribution in [0.5, 0.6) is 11.5 Å². The summed E-state index contributed by atoms with van der Waals surface area (Å²) in [4.78, 5) is 77.1. The van der Waals surface area contributed by atoms with E-state index in [4.69, 9.17) is 25.9 Å². The van der Waals surface area contributed by atoms with E-state index in [1.54, 1.807) is 30.3 Å². The molecule has 4 atom stereocenters. The first-order valence-corrected chi connectivity index (χ1v) is 19.5. The average molecular weight is 780 g/mol. The maximum Gasteiger partial charge on any atom is 0.294 e. The quantitative estimate of drug-likeness (QED) is 0.202. The molecule has 2 aromatic rings. The van der Waals surface area contributed by atoms with Gasteiger partial charge in [0.2, 0.25) is 23.5 Å². The van der Waals surface area contributed by atoms with Crippen LogP contribution in [0.15, 0.2) is 47.6 Å². The Balaban J connectivity index is 1.39. The Morgan fingerprint density at radius 1 is 1.02 bits per heavy atom. The van der Waals surface area contributed by atoms with E-state index in [2.05, 4.69) is 21.1 Å². The molecule has 1 aliphatic carbocycles. The zero-order chi connectivity index (χ0) is 39.9. The van der Waals surface area contributed by atoms with E-state index in [-0.39, 0.29) is 43.3 Å². The van der Waals surface area contributed by atoms with Gasteiger partial charge in [-0.3, -0.25) is 24.0 Å². The molecule has 1 saturated heterocycles. The number of rotatable bonds is 14.